The van der Waals surface area contributed by atoms with E-state index in [1.165, 1.54) is 4.90 Å². The summed E-state index contributed by atoms with van der Waals surface area (Å²) in [4.78, 5) is 14.8. The number of ether oxygens (including phenoxy) is 1. The maximum atomic E-state index is 11.7. The quantitative estimate of drug-likeness (QED) is 0.589. The Morgan fingerprint density at radius 3 is 2.60 bits per heavy atom. The van der Waals surface area contributed by atoms with E-state index in [1.54, 1.807) is 4.90 Å². The van der Waals surface area contributed by atoms with Gasteiger partial charge in [0, 0.05) is 13.0 Å². The summed E-state index contributed by atoms with van der Waals surface area (Å²) in [6, 6.07) is 0. The van der Waals surface area contributed by atoms with Crippen LogP contribution in [0.2, 0.25) is 0 Å². The van der Waals surface area contributed by atoms with Crippen LogP contribution in [-0.2, 0) is 4.74 Å². The molecule has 1 N–H and O–H groups in total. The normalized spacial score (nSPS) is 23.5. The maximum Gasteiger partial charge on any atom is 0.410 e. The number of hydrogen-bond donors (Lipinski definition) is 1. The molecule has 4 heteroatoms. The highest BCUT2D eigenvalue weighted by Crippen LogP contribution is 2.10. The molecule has 1 fully saturated rings. The molecule has 1 heterocycles. The van der Waals surface area contributed by atoms with Gasteiger partial charge in [0.25, 0.3) is 0 Å². The van der Waals surface area contributed by atoms with Gasteiger partial charge in [0.1, 0.15) is 5.60 Å². The minimum Gasteiger partial charge on any atom is -0.466 e. The molecule has 0 saturated carbocycles. The summed E-state index contributed by atoms with van der Waals surface area (Å²) in [7, 11) is 3.96. The molecule has 0 aliphatic carbocycles. The van der Waals surface area contributed by atoms with Crippen molar-refractivity contribution < 1.29 is 14.4 Å². The van der Waals surface area contributed by atoms with Gasteiger partial charge in [0.05, 0.1) is 19.6 Å². The van der Waals surface area contributed by atoms with E-state index in [0.717, 1.165) is 32.6 Å². The summed E-state index contributed by atoms with van der Waals surface area (Å²) in [5, 5.41) is 0. The molecule has 15 heavy (non-hydrogen) atoms. The second-order valence-corrected chi connectivity index (χ2v) is 5.07. The Morgan fingerprint density at radius 1 is 1.33 bits per heavy atom. The zero-order valence-electron chi connectivity index (χ0n) is 10.0. The lowest BCUT2D eigenvalue weighted by Crippen LogP contribution is -3.07. The zero-order chi connectivity index (χ0) is 11.5. The molecule has 0 aromatic rings. The van der Waals surface area contributed by atoms with Crippen LogP contribution in [0.5, 0.6) is 0 Å². The number of carbonyl (C=O) groups is 1. The fourth-order valence-corrected chi connectivity index (χ4v) is 1.56. The number of carbonyl (C=O) groups excluding carboxylic acids is 1. The van der Waals surface area contributed by atoms with Gasteiger partial charge < -0.3 is 14.5 Å². The lowest BCUT2D eigenvalue weighted by molar-refractivity contribution is -0.851. The van der Waals surface area contributed by atoms with E-state index in [9.17, 15) is 4.79 Å². The first kappa shape index (κ1) is 12.3. The Kier molecular flexibility index (Phi) is 3.97. The lowest BCUT2D eigenvalue weighted by atomic mass is 10.2. The van der Waals surface area contributed by atoms with Crippen LogP contribution in [0.3, 0.4) is 0 Å². The first-order valence-electron chi connectivity index (χ1n) is 5.53. The summed E-state index contributed by atoms with van der Waals surface area (Å²) < 4.78 is 5.33. The Morgan fingerprint density at radius 2 is 2.00 bits per heavy atom. The summed E-state index contributed by atoms with van der Waals surface area (Å²) >= 11 is 0. The van der Waals surface area contributed by atoms with Gasteiger partial charge in [-0.1, -0.05) is 0 Å². The molecule has 4 nitrogen and oxygen atoms in total. The van der Waals surface area contributed by atoms with Gasteiger partial charge in [0.15, 0.2) is 0 Å². The van der Waals surface area contributed by atoms with E-state index in [1.807, 2.05) is 20.8 Å². The lowest BCUT2D eigenvalue weighted by Gasteiger charge is -2.26. The van der Waals surface area contributed by atoms with E-state index in [2.05, 4.69) is 7.05 Å². The van der Waals surface area contributed by atoms with Crippen molar-refractivity contribution in [2.45, 2.75) is 32.8 Å². The third-order valence-corrected chi connectivity index (χ3v) is 2.35. The molecule has 1 unspecified atom stereocenters. The third-order valence-electron chi connectivity index (χ3n) is 2.35. The van der Waals surface area contributed by atoms with Crippen LogP contribution < -0.4 is 4.90 Å². The second-order valence-electron chi connectivity index (χ2n) is 5.07. The van der Waals surface area contributed by atoms with E-state index in [-0.39, 0.29) is 6.09 Å². The first-order valence-corrected chi connectivity index (χ1v) is 5.53. The molecule has 0 spiro atoms. The van der Waals surface area contributed by atoms with Gasteiger partial charge in [-0.3, -0.25) is 0 Å². The number of hydrogen-bond acceptors (Lipinski definition) is 2. The van der Waals surface area contributed by atoms with Crippen molar-refractivity contribution in [2.24, 2.45) is 0 Å². The Bertz CT molecular complexity index is 223. The molecule has 1 rings (SSSR count). The molecular weight excluding hydrogens is 192 g/mol. The smallest absolute Gasteiger partial charge is 0.410 e. The van der Waals surface area contributed by atoms with Gasteiger partial charge in [-0.05, 0) is 20.8 Å². The number of quaternary nitrogens is 1. The highest BCUT2D eigenvalue weighted by Gasteiger charge is 2.23. The topological polar surface area (TPSA) is 34.0 Å². The third kappa shape index (κ3) is 4.51. The molecule has 0 radical (unpaired) electrons. The van der Waals surface area contributed by atoms with Crippen LogP contribution in [0.1, 0.15) is 27.2 Å². The van der Waals surface area contributed by atoms with Crippen LogP contribution in [0.25, 0.3) is 0 Å². The number of nitrogens with one attached hydrogen (secondary N) is 1. The average Bonchev–Trinajstić information content (AvgIpc) is 2.26. The van der Waals surface area contributed by atoms with Gasteiger partial charge in [-0.25, -0.2) is 4.79 Å². The van der Waals surface area contributed by atoms with Crippen molar-refractivity contribution in [3.05, 3.63) is 7.05 Å². The predicted octanol–water partition coefficient (Wildman–Crippen LogP) is 0.304. The van der Waals surface area contributed by atoms with E-state index < -0.39 is 5.60 Å². The van der Waals surface area contributed by atoms with E-state index in [4.69, 9.17) is 4.74 Å². The predicted molar refractivity (Wildman–Crippen MR) is 58.5 cm³/mol. The zero-order valence-corrected chi connectivity index (χ0v) is 10.0. The molecular formula is C11H22N2O2. The molecule has 0 bridgehead atoms. The number of nitrogens with zero attached hydrogens (tertiary/aromatic N) is 1. The summed E-state index contributed by atoms with van der Waals surface area (Å²) in [6.07, 6.45) is 0.801. The Labute approximate surface area is 92.2 Å². The number of amides is 1. The SMILES string of the molecule is [CH2-][NH+]1CCCN(C(=O)OC(C)(C)C)CC1. The van der Waals surface area contributed by atoms with Gasteiger partial charge in [0.2, 0.25) is 0 Å². The first-order chi connectivity index (χ1) is 6.88. The minimum atomic E-state index is -0.402. The molecule has 1 saturated heterocycles. The van der Waals surface area contributed by atoms with Crippen LogP contribution >= 0.6 is 0 Å². The molecule has 1 aliphatic heterocycles. The fraction of sp³-hybridized carbons (Fsp3) is 0.818. The maximum absolute atomic E-state index is 11.7. The van der Waals surface area contributed by atoms with Crippen molar-refractivity contribution in [3.8, 4) is 0 Å². The molecule has 0 aromatic carbocycles. The molecule has 1 aliphatic rings. The van der Waals surface area contributed by atoms with Crippen LogP contribution in [0.4, 0.5) is 4.79 Å². The van der Waals surface area contributed by atoms with Gasteiger partial charge in [-0.2, -0.15) is 7.05 Å². The Hall–Kier alpha value is -0.770. The van der Waals surface area contributed by atoms with Gasteiger partial charge in [-0.15, -0.1) is 0 Å². The molecule has 0 aromatic heterocycles. The highest BCUT2D eigenvalue weighted by atomic mass is 16.6. The molecule has 1 atom stereocenters. The highest BCUT2D eigenvalue weighted by molar-refractivity contribution is 5.68. The minimum absolute atomic E-state index is 0.197. The summed E-state index contributed by atoms with van der Waals surface area (Å²) in [6.45, 7) is 9.13. The van der Waals surface area contributed by atoms with Crippen LogP contribution in [-0.4, -0.2) is 42.8 Å². The van der Waals surface area contributed by atoms with Crippen molar-refractivity contribution in [1.82, 2.24) is 4.90 Å². The average molecular weight is 214 g/mol. The van der Waals surface area contributed by atoms with E-state index in [0.29, 0.717) is 0 Å². The van der Waals surface area contributed by atoms with E-state index >= 15 is 0 Å². The van der Waals surface area contributed by atoms with Crippen LogP contribution in [0, 0.1) is 7.05 Å². The second kappa shape index (κ2) is 4.84. The standard InChI is InChI=1S/C11H22N2O2/c1-11(2,3)15-10(14)13-7-5-6-12(4)8-9-13/h12H,4-9H2,1-3H3. The monoisotopic (exact) mass is 214 g/mol. The largest absolute Gasteiger partial charge is 0.466 e. The fourth-order valence-electron chi connectivity index (χ4n) is 1.56. The molecule has 1 amide bonds. The van der Waals surface area contributed by atoms with Crippen molar-refractivity contribution in [3.63, 3.8) is 0 Å². The van der Waals surface area contributed by atoms with Crippen LogP contribution in [0.15, 0.2) is 0 Å². The summed E-state index contributed by atoms with van der Waals surface area (Å²) in [5.74, 6) is 0. The van der Waals surface area contributed by atoms with Crippen molar-refractivity contribution >= 4 is 6.09 Å². The molecule has 88 valence electrons. The van der Waals surface area contributed by atoms with Crippen molar-refractivity contribution in [1.29, 1.82) is 0 Å². The number of rotatable bonds is 0. The summed E-state index contributed by atoms with van der Waals surface area (Å²) in [5.41, 5.74) is -0.402. The Balaban J connectivity index is 2.45. The van der Waals surface area contributed by atoms with Crippen molar-refractivity contribution in [2.75, 3.05) is 26.2 Å². The van der Waals surface area contributed by atoms with Gasteiger partial charge >= 0.3 is 6.09 Å².